The van der Waals surface area contributed by atoms with Crippen molar-refractivity contribution in [1.82, 2.24) is 0 Å². The van der Waals surface area contributed by atoms with Crippen LogP contribution >= 0.6 is 0 Å². The number of carbonyl (C=O) groups excluding carboxylic acids is 1. The van der Waals surface area contributed by atoms with Crippen LogP contribution in [-0.4, -0.2) is 12.6 Å². The maximum Gasteiger partial charge on any atom is 0.330 e. The van der Waals surface area contributed by atoms with E-state index in [9.17, 15) is 4.79 Å². The molecule has 0 saturated heterocycles. The van der Waals surface area contributed by atoms with Crippen molar-refractivity contribution < 1.29 is 9.53 Å². The number of esters is 1. The van der Waals surface area contributed by atoms with Crippen LogP contribution < -0.4 is 0 Å². The van der Waals surface area contributed by atoms with E-state index in [1.165, 1.54) is 11.6 Å². The maximum absolute atomic E-state index is 10.5. The molecule has 0 spiro atoms. The van der Waals surface area contributed by atoms with Crippen molar-refractivity contribution in [2.24, 2.45) is 0 Å². The van der Waals surface area contributed by atoms with E-state index in [1.54, 1.807) is 0 Å². The highest BCUT2D eigenvalue weighted by molar-refractivity contribution is 5.81. The Kier molecular flexibility index (Phi) is 5.17. The third-order valence-corrected chi connectivity index (χ3v) is 1.40. The van der Waals surface area contributed by atoms with Gasteiger partial charge in [0.15, 0.2) is 0 Å². The molecule has 0 aromatic carbocycles. The Morgan fingerprint density at radius 3 is 2.73 bits per heavy atom. The average molecular weight is 154 g/mol. The van der Waals surface area contributed by atoms with Crippen molar-refractivity contribution in [2.45, 2.75) is 20.3 Å². The lowest BCUT2D eigenvalue weighted by molar-refractivity contribution is -0.137. The topological polar surface area (TPSA) is 26.3 Å². The summed E-state index contributed by atoms with van der Waals surface area (Å²) >= 11 is 0. The summed E-state index contributed by atoms with van der Waals surface area (Å²) in [5.74, 6) is -0.353. The maximum atomic E-state index is 10.5. The molecule has 62 valence electrons. The minimum atomic E-state index is -0.353. The van der Waals surface area contributed by atoms with Crippen LogP contribution in [0.5, 0.6) is 0 Å². The van der Waals surface area contributed by atoms with Gasteiger partial charge in [-0.1, -0.05) is 18.2 Å². The molecule has 0 N–H and O–H groups in total. The van der Waals surface area contributed by atoms with Gasteiger partial charge in [0.1, 0.15) is 0 Å². The molecule has 2 nitrogen and oxygen atoms in total. The van der Waals surface area contributed by atoms with Crippen LogP contribution in [0.15, 0.2) is 24.3 Å². The van der Waals surface area contributed by atoms with E-state index < -0.39 is 0 Å². The third-order valence-electron chi connectivity index (χ3n) is 1.40. The van der Waals surface area contributed by atoms with Crippen molar-refractivity contribution in [2.75, 3.05) is 6.61 Å². The summed E-state index contributed by atoms with van der Waals surface area (Å²) in [4.78, 5) is 10.5. The Labute approximate surface area is 67.6 Å². The molecule has 0 atom stereocenters. The third kappa shape index (κ3) is 5.40. The highest BCUT2D eigenvalue weighted by Gasteiger charge is 1.94. The van der Waals surface area contributed by atoms with Crippen LogP contribution in [0.1, 0.15) is 20.3 Å². The van der Waals surface area contributed by atoms with Gasteiger partial charge in [0.25, 0.3) is 0 Å². The van der Waals surface area contributed by atoms with E-state index in [-0.39, 0.29) is 5.97 Å². The summed E-state index contributed by atoms with van der Waals surface area (Å²) in [6, 6.07) is 0. The summed E-state index contributed by atoms with van der Waals surface area (Å²) in [5.41, 5.74) is 1.22. The van der Waals surface area contributed by atoms with Crippen molar-refractivity contribution in [3.05, 3.63) is 24.3 Å². The fourth-order valence-electron chi connectivity index (χ4n) is 0.516. The molecule has 0 aromatic heterocycles. The van der Waals surface area contributed by atoms with Gasteiger partial charge in [0.2, 0.25) is 0 Å². The van der Waals surface area contributed by atoms with Crippen LogP contribution in [0.3, 0.4) is 0 Å². The van der Waals surface area contributed by atoms with Gasteiger partial charge in [-0.3, -0.25) is 0 Å². The summed E-state index contributed by atoms with van der Waals surface area (Å²) in [6.45, 7) is 7.70. The fraction of sp³-hybridized carbons (Fsp3) is 0.444. The normalized spacial score (nSPS) is 10.9. The lowest BCUT2D eigenvalue weighted by atomic mass is 10.2. The first-order valence-electron chi connectivity index (χ1n) is 3.61. The summed E-state index contributed by atoms with van der Waals surface area (Å²) < 4.78 is 4.77. The van der Waals surface area contributed by atoms with E-state index in [1.807, 2.05) is 19.9 Å². The van der Waals surface area contributed by atoms with Gasteiger partial charge in [-0.25, -0.2) is 4.79 Å². The first-order valence-corrected chi connectivity index (χ1v) is 3.61. The Balaban J connectivity index is 3.42. The lowest BCUT2D eigenvalue weighted by Gasteiger charge is -2.00. The number of ether oxygens (including phenoxy) is 1. The second-order valence-electron chi connectivity index (χ2n) is 2.26. The number of carbonyl (C=O) groups is 1. The molecule has 0 aliphatic rings. The van der Waals surface area contributed by atoms with Crippen LogP contribution in [0.25, 0.3) is 0 Å². The van der Waals surface area contributed by atoms with Gasteiger partial charge in [-0.05, 0) is 13.8 Å². The Morgan fingerprint density at radius 2 is 2.27 bits per heavy atom. The van der Waals surface area contributed by atoms with E-state index in [0.29, 0.717) is 6.61 Å². The molecule has 0 amide bonds. The Hall–Kier alpha value is -1.05. The van der Waals surface area contributed by atoms with E-state index in [0.717, 1.165) is 6.42 Å². The van der Waals surface area contributed by atoms with E-state index in [2.05, 4.69) is 6.58 Å². The highest BCUT2D eigenvalue weighted by atomic mass is 16.5. The number of hydrogen-bond donors (Lipinski definition) is 0. The molecule has 2 heteroatoms. The number of allylic oxidation sites excluding steroid dienone is 1. The van der Waals surface area contributed by atoms with Gasteiger partial charge in [-0.2, -0.15) is 0 Å². The predicted octanol–water partition coefficient (Wildman–Crippen LogP) is 2.07. The minimum Gasteiger partial charge on any atom is -0.462 e. The zero-order valence-corrected chi connectivity index (χ0v) is 7.09. The first-order chi connectivity index (χ1) is 5.20. The quantitative estimate of drug-likeness (QED) is 0.352. The van der Waals surface area contributed by atoms with Gasteiger partial charge >= 0.3 is 5.97 Å². The van der Waals surface area contributed by atoms with Crippen LogP contribution in [0.2, 0.25) is 0 Å². The highest BCUT2D eigenvalue weighted by Crippen LogP contribution is 1.98. The summed E-state index contributed by atoms with van der Waals surface area (Å²) in [7, 11) is 0. The molecule has 0 aliphatic heterocycles. The molecule has 0 saturated carbocycles. The zero-order chi connectivity index (χ0) is 8.69. The van der Waals surface area contributed by atoms with Gasteiger partial charge in [0, 0.05) is 12.5 Å². The van der Waals surface area contributed by atoms with Crippen molar-refractivity contribution in [1.29, 1.82) is 0 Å². The van der Waals surface area contributed by atoms with Gasteiger partial charge in [0.05, 0.1) is 6.61 Å². The molecule has 0 rings (SSSR count). The van der Waals surface area contributed by atoms with Crippen molar-refractivity contribution in [3.63, 3.8) is 0 Å². The molecule has 0 aliphatic carbocycles. The van der Waals surface area contributed by atoms with Crippen LogP contribution in [0.4, 0.5) is 0 Å². The van der Waals surface area contributed by atoms with E-state index >= 15 is 0 Å². The van der Waals surface area contributed by atoms with Crippen molar-refractivity contribution in [3.8, 4) is 0 Å². The molecule has 0 radical (unpaired) electrons. The van der Waals surface area contributed by atoms with Gasteiger partial charge in [-0.15, -0.1) is 0 Å². The molecule has 0 unspecified atom stereocenters. The molecular formula is C9H14O2. The molecule has 0 heterocycles. The first kappa shape index (κ1) is 9.95. The molecular weight excluding hydrogens is 140 g/mol. The average Bonchev–Trinajstić information content (AvgIpc) is 2.04. The standard InChI is InChI=1S/C9H14O2/c1-4-8(3)6-7-11-9(10)5-2/h4-5H,2,6-7H2,1,3H3. The molecule has 0 aromatic rings. The Bertz CT molecular complexity index is 166. The predicted molar refractivity (Wildman–Crippen MR) is 45.2 cm³/mol. The van der Waals surface area contributed by atoms with Crippen LogP contribution in [0, 0.1) is 0 Å². The SMILES string of the molecule is C=CC(=O)OCCC(C)=CC. The molecule has 0 bridgehead atoms. The smallest absolute Gasteiger partial charge is 0.330 e. The number of rotatable bonds is 4. The molecule has 0 fully saturated rings. The second-order valence-corrected chi connectivity index (χ2v) is 2.26. The lowest BCUT2D eigenvalue weighted by Crippen LogP contribution is -2.01. The largest absolute Gasteiger partial charge is 0.462 e. The summed E-state index contributed by atoms with van der Waals surface area (Å²) in [6.07, 6.45) is 3.98. The van der Waals surface area contributed by atoms with Gasteiger partial charge < -0.3 is 4.74 Å². The fourth-order valence-corrected chi connectivity index (χ4v) is 0.516. The second kappa shape index (κ2) is 5.71. The zero-order valence-electron chi connectivity index (χ0n) is 7.09. The monoisotopic (exact) mass is 154 g/mol. The van der Waals surface area contributed by atoms with E-state index in [4.69, 9.17) is 4.74 Å². The summed E-state index contributed by atoms with van der Waals surface area (Å²) in [5, 5.41) is 0. The van der Waals surface area contributed by atoms with Crippen molar-refractivity contribution >= 4 is 5.97 Å². The number of hydrogen-bond acceptors (Lipinski definition) is 2. The minimum absolute atomic E-state index is 0.353. The Morgan fingerprint density at radius 1 is 1.64 bits per heavy atom. The van der Waals surface area contributed by atoms with Crippen LogP contribution in [-0.2, 0) is 9.53 Å². The molecule has 11 heavy (non-hydrogen) atoms.